The lowest BCUT2D eigenvalue weighted by Gasteiger charge is -2.30. The fourth-order valence-corrected chi connectivity index (χ4v) is 3.70. The number of nitrogens with one attached hydrogen (secondary N) is 2. The molecule has 0 aromatic heterocycles. The zero-order chi connectivity index (χ0) is 22.6. The number of hydrogen-bond donors (Lipinski definition) is 3. The predicted molar refractivity (Wildman–Crippen MR) is 114 cm³/mol. The lowest BCUT2D eigenvalue weighted by Crippen LogP contribution is -2.46. The van der Waals surface area contributed by atoms with Crippen molar-refractivity contribution in [1.29, 1.82) is 0 Å². The summed E-state index contributed by atoms with van der Waals surface area (Å²) in [6, 6.07) is 0.419. The minimum Gasteiger partial charge on any atom is -0.480 e. The van der Waals surface area contributed by atoms with Gasteiger partial charge in [0.15, 0.2) is 6.04 Å². The topological polar surface area (TPSA) is 114 Å². The van der Waals surface area contributed by atoms with E-state index in [1.165, 1.54) is 64.2 Å². The Bertz CT molecular complexity index is 518. The van der Waals surface area contributed by atoms with E-state index in [9.17, 15) is 14.4 Å². The molecule has 0 aromatic rings. The zero-order valence-corrected chi connectivity index (χ0v) is 19.0. The molecule has 0 saturated heterocycles. The normalized spacial score (nSPS) is 19.1. The Kier molecular flexibility index (Phi) is 11.8. The van der Waals surface area contributed by atoms with E-state index < -0.39 is 36.3 Å². The molecule has 0 heterocycles. The van der Waals surface area contributed by atoms with Crippen molar-refractivity contribution in [3.8, 4) is 0 Å². The van der Waals surface area contributed by atoms with E-state index >= 15 is 0 Å². The van der Waals surface area contributed by atoms with Gasteiger partial charge < -0.3 is 25.2 Å². The number of rotatable bonds is 6. The summed E-state index contributed by atoms with van der Waals surface area (Å²) in [6.45, 7) is 5.65. The Morgan fingerprint density at radius 3 is 1.77 bits per heavy atom. The Morgan fingerprint density at radius 1 is 0.933 bits per heavy atom. The van der Waals surface area contributed by atoms with Gasteiger partial charge in [-0.15, -0.1) is 0 Å². The molecular formula is C22H40N2O6. The maximum Gasteiger partial charge on any atom is 0.408 e. The summed E-state index contributed by atoms with van der Waals surface area (Å²) in [5.74, 6) is -1.93. The van der Waals surface area contributed by atoms with E-state index in [4.69, 9.17) is 9.84 Å². The SMILES string of the molecule is C1CCC(NC2CCCCC2)CC1.CC(=O)OC[C@H](NC(=O)OC(C)(C)C)C(=O)O. The molecule has 2 rings (SSSR count). The van der Waals surface area contributed by atoms with Crippen molar-refractivity contribution in [2.45, 2.75) is 116 Å². The second-order valence-corrected chi connectivity index (χ2v) is 9.18. The quantitative estimate of drug-likeness (QED) is 0.552. The predicted octanol–water partition coefficient (Wildman–Crippen LogP) is 3.77. The number of aliphatic carboxylic acids is 1. The highest BCUT2D eigenvalue weighted by molar-refractivity contribution is 5.80. The monoisotopic (exact) mass is 428 g/mol. The van der Waals surface area contributed by atoms with Gasteiger partial charge in [-0.3, -0.25) is 4.79 Å². The molecule has 0 aromatic carbocycles. The first-order valence-corrected chi connectivity index (χ1v) is 11.2. The van der Waals surface area contributed by atoms with Gasteiger partial charge in [0.05, 0.1) is 0 Å². The molecule has 2 fully saturated rings. The second kappa shape index (κ2) is 13.5. The zero-order valence-electron chi connectivity index (χ0n) is 19.0. The molecular weight excluding hydrogens is 388 g/mol. The van der Waals surface area contributed by atoms with Gasteiger partial charge in [-0.2, -0.15) is 0 Å². The summed E-state index contributed by atoms with van der Waals surface area (Å²) in [4.78, 5) is 32.6. The lowest BCUT2D eigenvalue weighted by molar-refractivity contribution is -0.147. The van der Waals surface area contributed by atoms with Crippen molar-refractivity contribution < 1.29 is 29.0 Å². The lowest BCUT2D eigenvalue weighted by atomic mass is 9.91. The first-order chi connectivity index (χ1) is 14.1. The first-order valence-electron chi connectivity index (χ1n) is 11.2. The Balaban J connectivity index is 0.000000308. The maximum absolute atomic E-state index is 11.3. The summed E-state index contributed by atoms with van der Waals surface area (Å²) in [5, 5.41) is 14.7. The summed E-state index contributed by atoms with van der Waals surface area (Å²) in [7, 11) is 0. The van der Waals surface area contributed by atoms with Crippen LogP contribution in [0, 0.1) is 0 Å². The van der Waals surface area contributed by atoms with Crippen LogP contribution in [-0.2, 0) is 19.1 Å². The molecule has 0 bridgehead atoms. The van der Waals surface area contributed by atoms with E-state index in [1.54, 1.807) is 20.8 Å². The van der Waals surface area contributed by atoms with E-state index in [0.29, 0.717) is 0 Å². The van der Waals surface area contributed by atoms with Gasteiger partial charge in [0, 0.05) is 19.0 Å². The Labute approximate surface area is 180 Å². The number of alkyl carbamates (subject to hydrolysis) is 1. The molecule has 2 aliphatic carbocycles. The average Bonchev–Trinajstić information content (AvgIpc) is 2.65. The minimum atomic E-state index is -1.33. The standard InChI is InChI=1S/C12H23N.C10H17NO6/c1-3-7-11(8-4-1)13-12-9-5-2-6-10-12;1-6(12)16-5-7(8(13)14)11-9(15)17-10(2,3)4/h11-13H,1-10H2;7H,5H2,1-4H3,(H,11,15)(H,13,14)/t;7-/m.0/s1. The maximum atomic E-state index is 11.3. The number of carboxylic acids is 1. The van der Waals surface area contributed by atoms with Crippen LogP contribution < -0.4 is 10.6 Å². The van der Waals surface area contributed by atoms with Crippen LogP contribution in [0.1, 0.15) is 91.9 Å². The first kappa shape index (κ1) is 26.2. The highest BCUT2D eigenvalue weighted by atomic mass is 16.6. The molecule has 0 spiro atoms. The fourth-order valence-electron chi connectivity index (χ4n) is 3.70. The van der Waals surface area contributed by atoms with E-state index in [-0.39, 0.29) is 0 Å². The Hall–Kier alpha value is -1.83. The number of esters is 1. The van der Waals surface area contributed by atoms with Gasteiger partial charge in [-0.25, -0.2) is 9.59 Å². The van der Waals surface area contributed by atoms with E-state index in [0.717, 1.165) is 19.0 Å². The summed E-state index contributed by atoms with van der Waals surface area (Å²) in [6.07, 6.45) is 13.7. The van der Waals surface area contributed by atoms with Crippen molar-refractivity contribution >= 4 is 18.0 Å². The van der Waals surface area contributed by atoms with Gasteiger partial charge in [0.25, 0.3) is 0 Å². The van der Waals surface area contributed by atoms with Gasteiger partial charge >= 0.3 is 18.0 Å². The van der Waals surface area contributed by atoms with Crippen LogP contribution in [0.3, 0.4) is 0 Å². The third-order valence-electron chi connectivity index (χ3n) is 5.12. The highest BCUT2D eigenvalue weighted by Gasteiger charge is 2.24. The number of carbonyl (C=O) groups excluding carboxylic acids is 2. The van der Waals surface area contributed by atoms with Crippen LogP contribution in [-0.4, -0.2) is 53.5 Å². The number of hydrogen-bond acceptors (Lipinski definition) is 6. The van der Waals surface area contributed by atoms with Gasteiger partial charge in [0.1, 0.15) is 12.2 Å². The smallest absolute Gasteiger partial charge is 0.408 e. The average molecular weight is 429 g/mol. The van der Waals surface area contributed by atoms with Crippen molar-refractivity contribution in [3.63, 3.8) is 0 Å². The van der Waals surface area contributed by atoms with Crippen LogP contribution >= 0.6 is 0 Å². The van der Waals surface area contributed by atoms with Crippen molar-refractivity contribution in [3.05, 3.63) is 0 Å². The molecule has 0 aliphatic heterocycles. The van der Waals surface area contributed by atoms with E-state index in [2.05, 4.69) is 15.4 Å². The van der Waals surface area contributed by atoms with Gasteiger partial charge in [-0.05, 0) is 46.5 Å². The largest absolute Gasteiger partial charge is 0.480 e. The number of carbonyl (C=O) groups is 3. The van der Waals surface area contributed by atoms with Crippen molar-refractivity contribution in [2.75, 3.05) is 6.61 Å². The minimum absolute atomic E-state index is 0.441. The molecule has 1 atom stereocenters. The van der Waals surface area contributed by atoms with Crippen LogP contribution in [0.4, 0.5) is 4.79 Å². The summed E-state index contributed by atoms with van der Waals surface area (Å²) < 4.78 is 9.38. The molecule has 30 heavy (non-hydrogen) atoms. The second-order valence-electron chi connectivity index (χ2n) is 9.18. The number of ether oxygens (including phenoxy) is 2. The van der Waals surface area contributed by atoms with E-state index in [1.807, 2.05) is 0 Å². The summed E-state index contributed by atoms with van der Waals surface area (Å²) >= 11 is 0. The molecule has 0 unspecified atom stereocenters. The van der Waals surface area contributed by atoms with Crippen molar-refractivity contribution in [2.24, 2.45) is 0 Å². The molecule has 174 valence electrons. The molecule has 8 nitrogen and oxygen atoms in total. The summed E-state index contributed by atoms with van der Waals surface area (Å²) in [5.41, 5.74) is -0.728. The number of carboxylic acid groups (broad SMARTS) is 1. The molecule has 8 heteroatoms. The van der Waals surface area contributed by atoms with Crippen LogP contribution in [0.2, 0.25) is 0 Å². The number of amides is 1. The van der Waals surface area contributed by atoms with Gasteiger partial charge in [-0.1, -0.05) is 38.5 Å². The molecule has 3 N–H and O–H groups in total. The van der Waals surface area contributed by atoms with Crippen LogP contribution in [0.15, 0.2) is 0 Å². The van der Waals surface area contributed by atoms with Crippen LogP contribution in [0.25, 0.3) is 0 Å². The van der Waals surface area contributed by atoms with Crippen molar-refractivity contribution in [1.82, 2.24) is 10.6 Å². The third-order valence-corrected chi connectivity index (χ3v) is 5.12. The molecule has 1 amide bonds. The van der Waals surface area contributed by atoms with Gasteiger partial charge in [0.2, 0.25) is 0 Å². The fraction of sp³-hybridized carbons (Fsp3) is 0.864. The molecule has 2 saturated carbocycles. The Morgan fingerprint density at radius 2 is 1.40 bits per heavy atom. The highest BCUT2D eigenvalue weighted by Crippen LogP contribution is 2.22. The third kappa shape index (κ3) is 12.7. The molecule has 2 aliphatic rings. The van der Waals surface area contributed by atoms with Crippen LogP contribution in [0.5, 0.6) is 0 Å². The molecule has 0 radical (unpaired) electrons.